The van der Waals surface area contributed by atoms with E-state index in [1.807, 2.05) is 0 Å². The zero-order chi connectivity index (χ0) is 15.9. The minimum absolute atomic E-state index is 0.0775. The van der Waals surface area contributed by atoms with Gasteiger partial charge < -0.3 is 15.0 Å². The summed E-state index contributed by atoms with van der Waals surface area (Å²) >= 11 is 0. The van der Waals surface area contributed by atoms with Crippen molar-refractivity contribution in [2.75, 3.05) is 0 Å². The number of nitrogens with one attached hydrogen (secondary N) is 3. The average molecular weight is 312 g/mol. The molecule has 5 rings (SSSR count). The molecular formula is C20H16N4. The van der Waals surface area contributed by atoms with E-state index < -0.39 is 0 Å². The van der Waals surface area contributed by atoms with Crippen molar-refractivity contribution in [2.45, 2.75) is 6.04 Å². The lowest BCUT2D eigenvalue weighted by Crippen LogP contribution is -2.12. The Morgan fingerprint density at radius 1 is 0.667 bits per heavy atom. The highest BCUT2D eigenvalue weighted by molar-refractivity contribution is 6.18. The van der Waals surface area contributed by atoms with Crippen LogP contribution < -0.4 is 21.4 Å². The predicted molar refractivity (Wildman–Crippen MR) is 97.3 cm³/mol. The second-order valence-corrected chi connectivity index (χ2v) is 6.11. The Kier molecular flexibility index (Phi) is 2.82. The molecule has 2 aliphatic rings. The summed E-state index contributed by atoms with van der Waals surface area (Å²) in [6.45, 7) is 0. The third-order valence-corrected chi connectivity index (χ3v) is 4.23. The third-order valence-electron chi connectivity index (χ3n) is 4.23. The van der Waals surface area contributed by atoms with E-state index in [2.05, 4.69) is 87.8 Å². The SMILES string of the molecule is C1=C[C@@H]2/C=c3/cc/c([nH]3)=C/c3ccc([nH]3)/C=c3/cc/c([nH]3)=C/C1=N2. The smallest absolute Gasteiger partial charge is 0.0894 e. The molecule has 0 unspecified atom stereocenters. The standard InChI is InChI=1S/C20H16N4/c1-2-14-10-16-5-6-18(23-16)12-20-8-7-19(24-20)11-17-4-3-15(22-17)9-13(1)21-14/h1-13,22-24H/b15-9-,16-10-,17-11-,18-12-/t13-/m1/s1. The summed E-state index contributed by atoms with van der Waals surface area (Å²) in [6, 6.07) is 12.6. The van der Waals surface area contributed by atoms with Crippen LogP contribution in [0, 0.1) is 0 Å². The van der Waals surface area contributed by atoms with E-state index in [0.29, 0.717) is 0 Å². The van der Waals surface area contributed by atoms with E-state index in [1.165, 1.54) is 0 Å². The molecule has 2 aliphatic heterocycles. The number of hydrogen-bond acceptors (Lipinski definition) is 1. The minimum atomic E-state index is 0.0775. The van der Waals surface area contributed by atoms with Crippen molar-refractivity contribution in [1.82, 2.24) is 15.0 Å². The lowest BCUT2D eigenvalue weighted by molar-refractivity contribution is 1.09. The Hall–Kier alpha value is -3.27. The molecule has 0 aromatic carbocycles. The van der Waals surface area contributed by atoms with Gasteiger partial charge in [0.25, 0.3) is 0 Å². The lowest BCUT2D eigenvalue weighted by Gasteiger charge is -1.94. The summed E-state index contributed by atoms with van der Waals surface area (Å²) in [5.74, 6) is 0. The number of aliphatic imine (C=N–C) groups is 1. The van der Waals surface area contributed by atoms with Crippen LogP contribution in [0.4, 0.5) is 0 Å². The fourth-order valence-electron chi connectivity index (χ4n) is 3.12. The van der Waals surface area contributed by atoms with Gasteiger partial charge in [0.05, 0.1) is 11.8 Å². The zero-order valence-corrected chi connectivity index (χ0v) is 13.0. The summed E-state index contributed by atoms with van der Waals surface area (Å²) in [4.78, 5) is 15.0. The van der Waals surface area contributed by atoms with Crippen LogP contribution in [0.5, 0.6) is 0 Å². The Balaban J connectivity index is 1.76. The first-order valence-corrected chi connectivity index (χ1v) is 8.02. The minimum Gasteiger partial charge on any atom is -0.356 e. The Bertz CT molecular complexity index is 1210. The van der Waals surface area contributed by atoms with Crippen molar-refractivity contribution >= 4 is 30.0 Å². The van der Waals surface area contributed by atoms with Gasteiger partial charge in [-0.15, -0.1) is 0 Å². The van der Waals surface area contributed by atoms with Gasteiger partial charge in [0.15, 0.2) is 0 Å². The van der Waals surface area contributed by atoms with Crippen molar-refractivity contribution in [3.8, 4) is 0 Å². The molecule has 1 atom stereocenters. The van der Waals surface area contributed by atoms with Gasteiger partial charge in [-0.2, -0.15) is 0 Å². The number of aromatic nitrogens is 3. The van der Waals surface area contributed by atoms with Crippen LogP contribution in [0.15, 0.2) is 53.5 Å². The summed E-state index contributed by atoms with van der Waals surface area (Å²) in [5, 5.41) is 4.27. The molecule has 4 nitrogen and oxygen atoms in total. The maximum atomic E-state index is 4.72. The summed E-state index contributed by atoms with van der Waals surface area (Å²) < 4.78 is 0. The van der Waals surface area contributed by atoms with Crippen molar-refractivity contribution in [2.24, 2.45) is 4.99 Å². The third kappa shape index (κ3) is 2.48. The highest BCUT2D eigenvalue weighted by atomic mass is 14.8. The first-order valence-electron chi connectivity index (χ1n) is 8.02. The van der Waals surface area contributed by atoms with Crippen molar-refractivity contribution in [3.05, 3.63) is 81.3 Å². The molecule has 24 heavy (non-hydrogen) atoms. The van der Waals surface area contributed by atoms with Crippen molar-refractivity contribution in [1.29, 1.82) is 0 Å². The number of aromatic amines is 3. The maximum Gasteiger partial charge on any atom is 0.0894 e. The topological polar surface area (TPSA) is 59.7 Å². The molecule has 4 heteroatoms. The molecule has 0 aliphatic carbocycles. The molecular weight excluding hydrogens is 296 g/mol. The maximum absolute atomic E-state index is 4.72. The van der Waals surface area contributed by atoms with Gasteiger partial charge in [-0.05, 0) is 66.8 Å². The fourth-order valence-corrected chi connectivity index (χ4v) is 3.12. The molecule has 8 bridgehead atoms. The molecule has 3 N–H and O–H groups in total. The summed E-state index contributed by atoms with van der Waals surface area (Å²) in [6.07, 6.45) is 12.6. The van der Waals surface area contributed by atoms with Gasteiger partial charge in [-0.25, -0.2) is 0 Å². The van der Waals surface area contributed by atoms with Crippen molar-refractivity contribution in [3.63, 3.8) is 0 Å². The molecule has 116 valence electrons. The van der Waals surface area contributed by atoms with Crippen molar-refractivity contribution < 1.29 is 0 Å². The predicted octanol–water partition coefficient (Wildman–Crippen LogP) is 0.282. The van der Waals surface area contributed by atoms with Crippen LogP contribution in [-0.2, 0) is 0 Å². The molecule has 0 saturated carbocycles. The highest BCUT2D eigenvalue weighted by Gasteiger charge is 2.06. The van der Waals surface area contributed by atoms with Gasteiger partial charge >= 0.3 is 0 Å². The second-order valence-electron chi connectivity index (χ2n) is 6.11. The van der Waals surface area contributed by atoms with Crippen LogP contribution in [0.1, 0.15) is 11.4 Å². The first kappa shape index (κ1) is 13.2. The van der Waals surface area contributed by atoms with Gasteiger partial charge in [0.2, 0.25) is 0 Å². The zero-order valence-electron chi connectivity index (χ0n) is 13.0. The lowest BCUT2D eigenvalue weighted by atomic mass is 10.3. The highest BCUT2D eigenvalue weighted by Crippen LogP contribution is 2.06. The monoisotopic (exact) mass is 312 g/mol. The Morgan fingerprint density at radius 3 is 2.04 bits per heavy atom. The van der Waals surface area contributed by atoms with Gasteiger partial charge in [0, 0.05) is 32.8 Å². The largest absolute Gasteiger partial charge is 0.356 e. The number of hydrogen-bond donors (Lipinski definition) is 3. The fraction of sp³-hybridized carbons (Fsp3) is 0.0500. The van der Waals surface area contributed by atoms with E-state index in [9.17, 15) is 0 Å². The Morgan fingerprint density at radius 2 is 1.29 bits per heavy atom. The Labute approximate surface area is 138 Å². The summed E-state index contributed by atoms with van der Waals surface area (Å²) in [5.41, 5.74) is 3.12. The molecule has 3 aromatic rings. The molecule has 0 radical (unpaired) electrons. The molecule has 0 fully saturated rings. The molecule has 0 amide bonds. The molecule has 0 spiro atoms. The van der Waals surface area contributed by atoms with E-state index in [0.717, 1.165) is 38.5 Å². The quantitative estimate of drug-likeness (QED) is 0.534. The first-order chi connectivity index (χ1) is 11.8. The molecule has 0 saturated heterocycles. The van der Waals surface area contributed by atoms with Gasteiger partial charge in [-0.3, -0.25) is 4.99 Å². The normalized spacial score (nSPS) is 23.8. The summed E-state index contributed by atoms with van der Waals surface area (Å²) in [7, 11) is 0. The van der Waals surface area contributed by atoms with E-state index in [1.54, 1.807) is 0 Å². The molecule has 5 heterocycles. The van der Waals surface area contributed by atoms with E-state index >= 15 is 0 Å². The second kappa shape index (κ2) is 5.13. The molecule has 3 aromatic heterocycles. The van der Waals surface area contributed by atoms with Crippen LogP contribution >= 0.6 is 0 Å². The number of allylic oxidation sites excluding steroid dienone is 1. The van der Waals surface area contributed by atoms with Crippen LogP contribution in [0.25, 0.3) is 24.3 Å². The van der Waals surface area contributed by atoms with Gasteiger partial charge in [0.1, 0.15) is 0 Å². The number of fused-ring (bicyclic) bond motifs is 7. The van der Waals surface area contributed by atoms with Crippen LogP contribution in [0.3, 0.4) is 0 Å². The number of rotatable bonds is 0. The van der Waals surface area contributed by atoms with Gasteiger partial charge in [-0.1, -0.05) is 6.08 Å². The number of nitrogens with zero attached hydrogens (tertiary/aromatic N) is 1. The average Bonchev–Trinajstić information content (AvgIpc) is 3.32. The van der Waals surface area contributed by atoms with E-state index in [4.69, 9.17) is 4.99 Å². The number of H-pyrrole nitrogens is 3. The van der Waals surface area contributed by atoms with Crippen LogP contribution in [-0.4, -0.2) is 26.7 Å². The van der Waals surface area contributed by atoms with E-state index in [-0.39, 0.29) is 6.04 Å². The van der Waals surface area contributed by atoms with Crippen LogP contribution in [0.2, 0.25) is 0 Å².